The summed E-state index contributed by atoms with van der Waals surface area (Å²) in [5, 5.41) is 11.8. The van der Waals surface area contributed by atoms with E-state index in [9.17, 15) is 4.79 Å². The molecule has 0 bridgehead atoms. The number of ketones is 1. The number of carbonyl (C=O) groups excluding carboxylic acids is 1. The molecule has 0 radical (unpaired) electrons. The number of thiophene rings is 1. The predicted octanol–water partition coefficient (Wildman–Crippen LogP) is 6.88. The Hall–Kier alpha value is -3.37. The SMILES string of the molecule is O=C1C[C@H](c2cccs2)CC2=C1[C@@H](c1cccc3ccccc13)Nc1ccccc1N2. The second-order valence-electron chi connectivity index (χ2n) is 8.25. The highest BCUT2D eigenvalue weighted by molar-refractivity contribution is 7.10. The molecule has 0 saturated carbocycles. The molecule has 31 heavy (non-hydrogen) atoms. The molecule has 0 fully saturated rings. The number of hydrogen-bond acceptors (Lipinski definition) is 4. The van der Waals surface area contributed by atoms with Crippen LogP contribution in [0.4, 0.5) is 11.4 Å². The van der Waals surface area contributed by atoms with Crippen LogP contribution in [0.25, 0.3) is 10.8 Å². The minimum absolute atomic E-state index is 0.186. The van der Waals surface area contributed by atoms with Crippen LogP contribution in [-0.2, 0) is 4.79 Å². The van der Waals surface area contributed by atoms with Crippen LogP contribution in [0.3, 0.4) is 0 Å². The van der Waals surface area contributed by atoms with Gasteiger partial charge in [-0.25, -0.2) is 0 Å². The van der Waals surface area contributed by atoms with E-state index in [0.29, 0.717) is 6.42 Å². The normalized spacial score (nSPS) is 20.5. The Bertz CT molecular complexity index is 1320. The Balaban J connectivity index is 1.54. The van der Waals surface area contributed by atoms with Gasteiger partial charge >= 0.3 is 0 Å². The number of anilines is 2. The zero-order valence-electron chi connectivity index (χ0n) is 17.0. The molecule has 1 aliphatic heterocycles. The van der Waals surface area contributed by atoms with Gasteiger partial charge in [0.05, 0.1) is 17.4 Å². The summed E-state index contributed by atoms with van der Waals surface area (Å²) in [6, 6.07) is 27.1. The molecule has 2 heterocycles. The molecule has 1 aliphatic carbocycles. The zero-order chi connectivity index (χ0) is 20.8. The van der Waals surface area contributed by atoms with Gasteiger partial charge in [0.1, 0.15) is 0 Å². The van der Waals surface area contributed by atoms with Gasteiger partial charge in [-0.3, -0.25) is 4.79 Å². The number of para-hydroxylation sites is 2. The van der Waals surface area contributed by atoms with Crippen molar-refractivity contribution in [3.8, 4) is 0 Å². The van der Waals surface area contributed by atoms with Crippen molar-refractivity contribution < 1.29 is 4.79 Å². The fourth-order valence-corrected chi connectivity index (χ4v) is 5.78. The average Bonchev–Trinajstić information content (AvgIpc) is 3.28. The van der Waals surface area contributed by atoms with E-state index in [1.54, 1.807) is 11.3 Å². The summed E-state index contributed by atoms with van der Waals surface area (Å²) < 4.78 is 0. The molecule has 3 aromatic carbocycles. The highest BCUT2D eigenvalue weighted by Crippen LogP contribution is 2.45. The first-order valence-electron chi connectivity index (χ1n) is 10.7. The maximum absolute atomic E-state index is 13.6. The summed E-state index contributed by atoms with van der Waals surface area (Å²) >= 11 is 1.74. The van der Waals surface area contributed by atoms with E-state index >= 15 is 0 Å². The summed E-state index contributed by atoms with van der Waals surface area (Å²) in [5.74, 6) is 0.461. The van der Waals surface area contributed by atoms with Gasteiger partial charge in [-0.15, -0.1) is 11.3 Å². The number of benzene rings is 3. The molecule has 0 spiro atoms. The van der Waals surface area contributed by atoms with Crippen molar-refractivity contribution in [3.05, 3.63) is 106 Å². The Kier molecular flexibility index (Phi) is 4.39. The van der Waals surface area contributed by atoms with Gasteiger partial charge in [-0.2, -0.15) is 0 Å². The molecule has 2 aliphatic rings. The maximum atomic E-state index is 13.6. The lowest BCUT2D eigenvalue weighted by Gasteiger charge is -2.29. The number of rotatable bonds is 2. The number of carbonyl (C=O) groups is 1. The molecule has 0 amide bonds. The maximum Gasteiger partial charge on any atom is 0.163 e. The van der Waals surface area contributed by atoms with Gasteiger partial charge < -0.3 is 10.6 Å². The molecule has 2 atom stereocenters. The van der Waals surface area contributed by atoms with Crippen molar-refractivity contribution >= 4 is 39.3 Å². The van der Waals surface area contributed by atoms with Crippen molar-refractivity contribution in [2.24, 2.45) is 0 Å². The van der Waals surface area contributed by atoms with Crippen molar-refractivity contribution in [1.29, 1.82) is 0 Å². The standard InChI is InChI=1S/C27H22N2OS/c30-24-16-18(25-13-6-14-31-25)15-23-26(24)27(29-22-12-4-3-11-21(22)28-23)20-10-5-8-17-7-1-2-9-19(17)20/h1-14,18,27-29H,15-16H2/t18-,27-/m1/s1. The molecular formula is C27H22N2OS. The van der Waals surface area contributed by atoms with Gasteiger partial charge in [0, 0.05) is 28.5 Å². The largest absolute Gasteiger partial charge is 0.372 e. The number of allylic oxidation sites excluding steroid dienone is 1. The highest BCUT2D eigenvalue weighted by atomic mass is 32.1. The van der Waals surface area contributed by atoms with Crippen molar-refractivity contribution in [2.45, 2.75) is 24.8 Å². The van der Waals surface area contributed by atoms with E-state index in [-0.39, 0.29) is 17.7 Å². The third-order valence-electron chi connectivity index (χ3n) is 6.39. The van der Waals surface area contributed by atoms with E-state index in [1.807, 2.05) is 12.1 Å². The summed E-state index contributed by atoms with van der Waals surface area (Å²) in [7, 11) is 0. The molecule has 4 aromatic rings. The zero-order valence-corrected chi connectivity index (χ0v) is 17.8. The lowest BCUT2D eigenvalue weighted by molar-refractivity contribution is -0.116. The van der Waals surface area contributed by atoms with Crippen LogP contribution in [0.5, 0.6) is 0 Å². The third kappa shape index (κ3) is 3.15. The van der Waals surface area contributed by atoms with Crippen LogP contribution >= 0.6 is 11.3 Å². The minimum Gasteiger partial charge on any atom is -0.372 e. The lowest BCUT2D eigenvalue weighted by Crippen LogP contribution is -2.26. The number of nitrogens with one attached hydrogen (secondary N) is 2. The smallest absolute Gasteiger partial charge is 0.163 e. The molecule has 3 nitrogen and oxygen atoms in total. The lowest BCUT2D eigenvalue weighted by atomic mass is 9.80. The minimum atomic E-state index is -0.186. The number of Topliss-reactive ketones (excluding diaryl/α,β-unsaturated/α-hetero) is 1. The topological polar surface area (TPSA) is 41.1 Å². The van der Waals surface area contributed by atoms with Crippen LogP contribution in [0.15, 0.2) is 95.5 Å². The van der Waals surface area contributed by atoms with Crippen LogP contribution in [0, 0.1) is 0 Å². The molecule has 1 aromatic heterocycles. The predicted molar refractivity (Wildman–Crippen MR) is 129 cm³/mol. The second kappa shape index (κ2) is 7.40. The van der Waals surface area contributed by atoms with Gasteiger partial charge in [-0.1, -0.05) is 60.7 Å². The summed E-state index contributed by atoms with van der Waals surface area (Å²) in [5.41, 5.74) is 5.12. The third-order valence-corrected chi connectivity index (χ3v) is 7.42. The molecular weight excluding hydrogens is 400 g/mol. The molecule has 0 saturated heterocycles. The van der Waals surface area contributed by atoms with E-state index in [4.69, 9.17) is 0 Å². The Labute approximate surface area is 185 Å². The van der Waals surface area contributed by atoms with Gasteiger partial charge in [0.25, 0.3) is 0 Å². The average molecular weight is 423 g/mol. The monoisotopic (exact) mass is 422 g/mol. The first-order valence-corrected chi connectivity index (χ1v) is 11.6. The van der Waals surface area contributed by atoms with E-state index in [2.05, 4.69) is 82.7 Å². The van der Waals surface area contributed by atoms with E-state index < -0.39 is 0 Å². The van der Waals surface area contributed by atoms with Crippen molar-refractivity contribution in [1.82, 2.24) is 0 Å². The quantitative estimate of drug-likeness (QED) is 0.370. The van der Waals surface area contributed by atoms with Crippen LogP contribution in [0.2, 0.25) is 0 Å². The summed E-state index contributed by atoms with van der Waals surface area (Å²) in [6.45, 7) is 0. The Morgan fingerprint density at radius 1 is 0.806 bits per heavy atom. The van der Waals surface area contributed by atoms with Crippen molar-refractivity contribution in [3.63, 3.8) is 0 Å². The van der Waals surface area contributed by atoms with Crippen LogP contribution in [-0.4, -0.2) is 5.78 Å². The first-order chi connectivity index (χ1) is 15.3. The Morgan fingerprint density at radius 2 is 1.61 bits per heavy atom. The Morgan fingerprint density at radius 3 is 2.48 bits per heavy atom. The van der Waals surface area contributed by atoms with Crippen LogP contribution in [0.1, 0.15) is 35.2 Å². The highest BCUT2D eigenvalue weighted by Gasteiger charge is 2.36. The van der Waals surface area contributed by atoms with Crippen LogP contribution < -0.4 is 10.6 Å². The van der Waals surface area contributed by atoms with Gasteiger partial charge in [0.2, 0.25) is 0 Å². The van der Waals surface area contributed by atoms with Gasteiger partial charge in [-0.05, 0) is 46.3 Å². The van der Waals surface area contributed by atoms with Gasteiger partial charge in [0.15, 0.2) is 5.78 Å². The molecule has 6 rings (SSSR count). The molecule has 0 unspecified atom stereocenters. The molecule has 2 N–H and O–H groups in total. The number of hydrogen-bond donors (Lipinski definition) is 2. The van der Waals surface area contributed by atoms with Crippen molar-refractivity contribution in [2.75, 3.05) is 10.6 Å². The fraction of sp³-hybridized carbons (Fsp3) is 0.148. The number of fused-ring (bicyclic) bond motifs is 2. The van der Waals surface area contributed by atoms with E-state index in [1.165, 1.54) is 15.6 Å². The van der Waals surface area contributed by atoms with E-state index in [0.717, 1.165) is 34.6 Å². The molecule has 4 heteroatoms. The first kappa shape index (κ1) is 18.4. The summed E-state index contributed by atoms with van der Waals surface area (Å²) in [6.07, 6.45) is 1.40. The second-order valence-corrected chi connectivity index (χ2v) is 9.23. The summed E-state index contributed by atoms with van der Waals surface area (Å²) in [4.78, 5) is 14.9. The fourth-order valence-electron chi connectivity index (χ4n) is 4.95. The molecule has 152 valence electrons.